The van der Waals surface area contributed by atoms with E-state index in [9.17, 15) is 9.90 Å². The number of nitrogens with one attached hydrogen (secondary N) is 1. The summed E-state index contributed by atoms with van der Waals surface area (Å²) < 4.78 is 7.04. The van der Waals surface area contributed by atoms with Crippen LogP contribution in [-0.2, 0) is 4.79 Å². The van der Waals surface area contributed by atoms with Gasteiger partial charge in [0.25, 0.3) is 5.91 Å². The zero-order valence-corrected chi connectivity index (χ0v) is 14.5. The number of hydrogen-bond donors (Lipinski definition) is 2. The molecule has 2 aromatic rings. The summed E-state index contributed by atoms with van der Waals surface area (Å²) in [6.45, 7) is -0.155. The van der Waals surface area contributed by atoms with Crippen molar-refractivity contribution in [3.05, 3.63) is 57.0 Å². The molecule has 2 N–H and O–H groups in total. The summed E-state index contributed by atoms with van der Waals surface area (Å²) in [7, 11) is 0. The molecule has 0 bridgehead atoms. The van der Waals surface area contributed by atoms with Crippen LogP contribution in [0.25, 0.3) is 0 Å². The molecule has 0 saturated heterocycles. The Morgan fingerprint density at radius 2 is 2.09 bits per heavy atom. The van der Waals surface area contributed by atoms with Crippen molar-refractivity contribution in [1.82, 2.24) is 5.43 Å². The Morgan fingerprint density at radius 1 is 1.27 bits per heavy atom. The average molecular weight is 428 g/mol. The molecule has 22 heavy (non-hydrogen) atoms. The highest BCUT2D eigenvalue weighted by Gasteiger charge is 2.05. The van der Waals surface area contributed by atoms with Crippen LogP contribution in [0.3, 0.4) is 0 Å². The number of rotatable bonds is 5. The normalized spacial score (nSPS) is 10.6. The minimum absolute atomic E-state index is 0.138. The molecule has 0 saturated carbocycles. The van der Waals surface area contributed by atoms with Crippen molar-refractivity contribution < 1.29 is 14.6 Å². The van der Waals surface area contributed by atoms with Crippen molar-refractivity contribution in [3.8, 4) is 11.5 Å². The zero-order valence-electron chi connectivity index (χ0n) is 11.3. The van der Waals surface area contributed by atoms with Gasteiger partial charge in [-0.1, -0.05) is 28.1 Å². The summed E-state index contributed by atoms with van der Waals surface area (Å²) in [5, 5.41) is 13.1. The Labute approximate surface area is 144 Å². The topological polar surface area (TPSA) is 70.9 Å². The van der Waals surface area contributed by atoms with Crippen LogP contribution in [-0.4, -0.2) is 23.8 Å². The number of carbonyl (C=O) groups excluding carboxylic acids is 1. The number of halogens is 2. The van der Waals surface area contributed by atoms with Gasteiger partial charge in [-0.2, -0.15) is 5.10 Å². The number of phenols is 1. The summed E-state index contributed by atoms with van der Waals surface area (Å²) in [5.41, 5.74) is 3.03. The zero-order chi connectivity index (χ0) is 15.9. The molecule has 0 fully saturated rings. The van der Waals surface area contributed by atoms with Gasteiger partial charge < -0.3 is 9.84 Å². The Hall–Kier alpha value is -1.86. The first kappa shape index (κ1) is 16.5. The Kier molecular flexibility index (Phi) is 5.97. The molecule has 0 aliphatic heterocycles. The minimum atomic E-state index is -0.383. The third-order valence-corrected chi connectivity index (χ3v) is 3.64. The summed E-state index contributed by atoms with van der Waals surface area (Å²) >= 11 is 6.68. The fourth-order valence-corrected chi connectivity index (χ4v) is 2.71. The molecule has 114 valence electrons. The molecule has 0 atom stereocenters. The molecule has 7 heteroatoms. The number of phenolic OH excluding ortho intramolecular Hbond substituents is 1. The maximum atomic E-state index is 11.6. The third-order valence-electron chi connectivity index (χ3n) is 2.53. The molecule has 1 amide bonds. The summed E-state index contributed by atoms with van der Waals surface area (Å²) in [4.78, 5) is 11.6. The second-order valence-corrected chi connectivity index (χ2v) is 6.02. The second-order valence-electron chi connectivity index (χ2n) is 4.25. The molecule has 5 nitrogen and oxygen atoms in total. The SMILES string of the molecule is O=C(COc1ccc(Br)cc1Br)N/N=C/c1cccc(O)c1. The number of carbonyl (C=O) groups is 1. The number of benzene rings is 2. The highest BCUT2D eigenvalue weighted by molar-refractivity contribution is 9.11. The fraction of sp³-hybridized carbons (Fsp3) is 0.0667. The van der Waals surface area contributed by atoms with Gasteiger partial charge in [0.1, 0.15) is 11.5 Å². The summed E-state index contributed by atoms with van der Waals surface area (Å²) in [6.07, 6.45) is 1.44. The Balaban J connectivity index is 1.83. The van der Waals surface area contributed by atoms with E-state index in [0.29, 0.717) is 11.3 Å². The van der Waals surface area contributed by atoms with Crippen molar-refractivity contribution in [2.75, 3.05) is 6.61 Å². The van der Waals surface area contributed by atoms with E-state index in [2.05, 4.69) is 42.4 Å². The largest absolute Gasteiger partial charge is 0.508 e. The molecular formula is C15H12Br2N2O3. The van der Waals surface area contributed by atoms with Gasteiger partial charge in [0.2, 0.25) is 0 Å². The van der Waals surface area contributed by atoms with Crippen molar-refractivity contribution in [3.63, 3.8) is 0 Å². The first-order chi connectivity index (χ1) is 10.5. The van der Waals surface area contributed by atoms with E-state index < -0.39 is 0 Å². The minimum Gasteiger partial charge on any atom is -0.508 e. The first-order valence-electron chi connectivity index (χ1n) is 6.23. The molecule has 0 heterocycles. The number of hydrazone groups is 1. The van der Waals surface area contributed by atoms with Crippen LogP contribution in [0, 0.1) is 0 Å². The van der Waals surface area contributed by atoms with Gasteiger partial charge in [0.15, 0.2) is 6.61 Å². The quantitative estimate of drug-likeness (QED) is 0.567. The molecule has 2 rings (SSSR count). The molecule has 0 aromatic heterocycles. The van der Waals surface area contributed by atoms with E-state index >= 15 is 0 Å². The lowest BCUT2D eigenvalue weighted by Gasteiger charge is -2.07. The Morgan fingerprint density at radius 3 is 2.82 bits per heavy atom. The smallest absolute Gasteiger partial charge is 0.277 e. The van der Waals surface area contributed by atoms with Crippen molar-refractivity contribution in [2.24, 2.45) is 5.10 Å². The number of aromatic hydroxyl groups is 1. The summed E-state index contributed by atoms with van der Waals surface area (Å²) in [5.74, 6) is 0.320. The third kappa shape index (κ3) is 5.16. The maximum absolute atomic E-state index is 11.6. The van der Waals surface area contributed by atoms with Crippen LogP contribution in [0.15, 0.2) is 56.5 Å². The van der Waals surface area contributed by atoms with Gasteiger partial charge in [0.05, 0.1) is 10.7 Å². The molecular weight excluding hydrogens is 416 g/mol. The monoisotopic (exact) mass is 426 g/mol. The van der Waals surface area contributed by atoms with E-state index in [4.69, 9.17) is 4.74 Å². The van der Waals surface area contributed by atoms with E-state index in [-0.39, 0.29) is 18.3 Å². The van der Waals surface area contributed by atoms with E-state index in [0.717, 1.165) is 8.95 Å². The summed E-state index contributed by atoms with van der Waals surface area (Å²) in [6, 6.07) is 11.9. The second kappa shape index (κ2) is 7.95. The number of hydrogen-bond acceptors (Lipinski definition) is 4. The van der Waals surface area contributed by atoms with Gasteiger partial charge in [-0.25, -0.2) is 5.43 Å². The average Bonchev–Trinajstić information content (AvgIpc) is 2.46. The fourth-order valence-electron chi connectivity index (χ4n) is 1.55. The molecule has 0 radical (unpaired) electrons. The number of nitrogens with zero attached hydrogens (tertiary/aromatic N) is 1. The predicted octanol–water partition coefficient (Wildman–Crippen LogP) is 3.45. The highest BCUT2D eigenvalue weighted by Crippen LogP contribution is 2.28. The van der Waals surface area contributed by atoms with Gasteiger partial charge in [-0.15, -0.1) is 0 Å². The van der Waals surface area contributed by atoms with E-state index in [1.165, 1.54) is 12.3 Å². The van der Waals surface area contributed by atoms with Crippen molar-refractivity contribution in [1.29, 1.82) is 0 Å². The van der Waals surface area contributed by atoms with Crippen LogP contribution in [0.2, 0.25) is 0 Å². The van der Waals surface area contributed by atoms with Crippen molar-refractivity contribution in [2.45, 2.75) is 0 Å². The lowest BCUT2D eigenvalue weighted by molar-refractivity contribution is -0.123. The highest BCUT2D eigenvalue weighted by atomic mass is 79.9. The van der Waals surface area contributed by atoms with Crippen LogP contribution in [0.4, 0.5) is 0 Å². The number of amides is 1. The van der Waals surface area contributed by atoms with Gasteiger partial charge in [-0.3, -0.25) is 4.79 Å². The van der Waals surface area contributed by atoms with Gasteiger partial charge >= 0.3 is 0 Å². The van der Waals surface area contributed by atoms with Gasteiger partial charge in [-0.05, 0) is 51.8 Å². The first-order valence-corrected chi connectivity index (χ1v) is 7.82. The molecule has 0 aliphatic rings. The molecule has 0 unspecified atom stereocenters. The lowest BCUT2D eigenvalue weighted by Crippen LogP contribution is -2.24. The van der Waals surface area contributed by atoms with Crippen LogP contribution >= 0.6 is 31.9 Å². The maximum Gasteiger partial charge on any atom is 0.277 e. The molecule has 0 spiro atoms. The van der Waals surface area contributed by atoms with E-state index in [1.807, 2.05) is 12.1 Å². The molecule has 2 aromatic carbocycles. The van der Waals surface area contributed by atoms with Crippen LogP contribution in [0.5, 0.6) is 11.5 Å². The van der Waals surface area contributed by atoms with E-state index in [1.54, 1.807) is 24.3 Å². The number of ether oxygens (including phenoxy) is 1. The van der Waals surface area contributed by atoms with Crippen LogP contribution in [0.1, 0.15) is 5.56 Å². The standard InChI is InChI=1S/C15H12Br2N2O3/c16-11-4-5-14(13(17)7-11)22-9-15(21)19-18-8-10-2-1-3-12(20)6-10/h1-8,20H,9H2,(H,19,21)/b18-8+. The molecule has 0 aliphatic carbocycles. The Bertz CT molecular complexity index is 705. The van der Waals surface area contributed by atoms with Crippen LogP contribution < -0.4 is 10.2 Å². The predicted molar refractivity (Wildman–Crippen MR) is 91.2 cm³/mol. The lowest BCUT2D eigenvalue weighted by atomic mass is 10.2. The van der Waals surface area contributed by atoms with Crippen molar-refractivity contribution >= 4 is 44.0 Å². The van der Waals surface area contributed by atoms with Gasteiger partial charge in [0, 0.05) is 4.47 Å².